The van der Waals surface area contributed by atoms with Crippen LogP contribution in [0, 0.1) is 0 Å². The van der Waals surface area contributed by atoms with Gasteiger partial charge in [0.1, 0.15) is 5.82 Å². The van der Waals surface area contributed by atoms with Crippen LogP contribution in [-0.2, 0) is 5.41 Å². The van der Waals surface area contributed by atoms with Crippen LogP contribution in [0.15, 0.2) is 194 Å². The Hall–Kier alpha value is -7.43. The van der Waals surface area contributed by atoms with Gasteiger partial charge in [0.25, 0.3) is 0 Å². The molecule has 4 heteroatoms. The maximum absolute atomic E-state index is 5.34. The number of benzene rings is 8. The molecule has 260 valence electrons. The molecule has 2 aromatic heterocycles. The van der Waals surface area contributed by atoms with Crippen LogP contribution < -0.4 is 0 Å². The first-order chi connectivity index (χ1) is 27.8. The van der Waals surface area contributed by atoms with Gasteiger partial charge < -0.3 is 0 Å². The van der Waals surface area contributed by atoms with Crippen molar-refractivity contribution in [3.8, 4) is 61.8 Å². The second-order valence-electron chi connectivity index (χ2n) is 14.7. The zero-order valence-electron chi connectivity index (χ0n) is 30.3. The van der Waals surface area contributed by atoms with Gasteiger partial charge in [-0.05, 0) is 93.0 Å². The highest BCUT2D eigenvalue weighted by atomic mass is 15.1. The fourth-order valence-corrected chi connectivity index (χ4v) is 9.48. The molecule has 0 bridgehead atoms. The Balaban J connectivity index is 1.15. The van der Waals surface area contributed by atoms with E-state index in [9.17, 15) is 0 Å². The quantitative estimate of drug-likeness (QED) is 0.182. The standard InChI is InChI=1S/C52H32N4/c1-3-15-33(16-4-1)49-50(54-46-24-12-11-23-45(46)53-49)34-27-29-39-40-30-28-35(51-55-47-25-13-14-26-48(47)56(51)36-17-5-2-6-18-36)32-44(40)52(43(39)31-34)41-21-9-7-19-37(41)38-20-8-10-22-42(38)52/h1-32H. The summed E-state index contributed by atoms with van der Waals surface area (Å²) in [5.41, 5.74) is 19.3. The number of hydrogen-bond donors (Lipinski definition) is 0. The SMILES string of the molecule is c1ccc(-c2nc3ccccc3nc2-c2ccc3c(c2)C2(c4ccccc4-c4ccccc42)c2cc(-c4nc5ccccc5n4-c4ccccc4)ccc2-3)cc1. The maximum Gasteiger partial charge on any atom is 0.145 e. The lowest BCUT2D eigenvalue weighted by Crippen LogP contribution is -2.26. The van der Waals surface area contributed by atoms with Crippen molar-refractivity contribution in [1.82, 2.24) is 19.5 Å². The van der Waals surface area contributed by atoms with E-state index in [1.54, 1.807) is 0 Å². The van der Waals surface area contributed by atoms with Crippen LogP contribution in [0.2, 0.25) is 0 Å². The van der Waals surface area contributed by atoms with Crippen molar-refractivity contribution in [1.29, 1.82) is 0 Å². The first-order valence-electron chi connectivity index (χ1n) is 19.1. The first kappa shape index (κ1) is 31.0. The van der Waals surface area contributed by atoms with Gasteiger partial charge in [-0.3, -0.25) is 4.57 Å². The smallest absolute Gasteiger partial charge is 0.145 e. The van der Waals surface area contributed by atoms with E-state index < -0.39 is 5.41 Å². The Kier molecular flexibility index (Phi) is 6.52. The maximum atomic E-state index is 5.34. The van der Waals surface area contributed by atoms with E-state index >= 15 is 0 Å². The van der Waals surface area contributed by atoms with Crippen molar-refractivity contribution >= 4 is 22.1 Å². The van der Waals surface area contributed by atoms with Crippen molar-refractivity contribution in [2.75, 3.05) is 0 Å². The van der Waals surface area contributed by atoms with E-state index in [4.69, 9.17) is 15.0 Å². The van der Waals surface area contributed by atoms with Crippen molar-refractivity contribution in [2.24, 2.45) is 0 Å². The number of fused-ring (bicyclic) bond motifs is 12. The van der Waals surface area contributed by atoms with Crippen LogP contribution in [-0.4, -0.2) is 19.5 Å². The molecule has 0 amide bonds. The minimum Gasteiger partial charge on any atom is -0.292 e. The second kappa shape index (κ2) is 11.8. The lowest BCUT2D eigenvalue weighted by molar-refractivity contribution is 0.794. The molecule has 56 heavy (non-hydrogen) atoms. The minimum absolute atomic E-state index is 0.565. The largest absolute Gasteiger partial charge is 0.292 e. The topological polar surface area (TPSA) is 43.6 Å². The lowest BCUT2D eigenvalue weighted by atomic mass is 9.70. The van der Waals surface area contributed by atoms with Crippen molar-refractivity contribution in [3.63, 3.8) is 0 Å². The molecule has 2 heterocycles. The third-order valence-corrected chi connectivity index (χ3v) is 11.8. The van der Waals surface area contributed by atoms with Gasteiger partial charge >= 0.3 is 0 Å². The third-order valence-electron chi connectivity index (χ3n) is 11.8. The number of nitrogens with zero attached hydrogens (tertiary/aromatic N) is 4. The van der Waals surface area contributed by atoms with Gasteiger partial charge in [0.15, 0.2) is 0 Å². The average Bonchev–Trinajstić information content (AvgIpc) is 3.90. The molecule has 0 saturated heterocycles. The Morgan fingerprint density at radius 2 is 0.821 bits per heavy atom. The number of aromatic nitrogens is 4. The number of hydrogen-bond acceptors (Lipinski definition) is 3. The summed E-state index contributed by atoms with van der Waals surface area (Å²) in [6, 6.07) is 69.5. The van der Waals surface area contributed by atoms with Crippen LogP contribution in [0.25, 0.3) is 83.9 Å². The molecule has 1 spiro atoms. The van der Waals surface area contributed by atoms with Crippen molar-refractivity contribution < 1.29 is 0 Å². The molecule has 0 fully saturated rings. The Labute approximate surface area is 324 Å². The van der Waals surface area contributed by atoms with Crippen LogP contribution in [0.5, 0.6) is 0 Å². The minimum atomic E-state index is -0.565. The van der Waals surface area contributed by atoms with Crippen LogP contribution >= 0.6 is 0 Å². The first-order valence-corrected chi connectivity index (χ1v) is 19.1. The van der Waals surface area contributed by atoms with E-state index in [2.05, 4.69) is 174 Å². The molecule has 0 atom stereocenters. The molecule has 0 unspecified atom stereocenters. The number of rotatable bonds is 4. The summed E-state index contributed by atoms with van der Waals surface area (Å²) in [6.07, 6.45) is 0. The Morgan fingerprint density at radius 1 is 0.339 bits per heavy atom. The second-order valence-corrected chi connectivity index (χ2v) is 14.7. The van der Waals surface area contributed by atoms with E-state index in [1.165, 1.54) is 44.5 Å². The van der Waals surface area contributed by atoms with Gasteiger partial charge in [-0.1, -0.05) is 146 Å². The van der Waals surface area contributed by atoms with E-state index in [0.717, 1.165) is 61.7 Å². The van der Waals surface area contributed by atoms with Gasteiger partial charge in [0, 0.05) is 22.4 Å². The molecule has 8 aromatic carbocycles. The summed E-state index contributed by atoms with van der Waals surface area (Å²) < 4.78 is 2.30. The predicted octanol–water partition coefficient (Wildman–Crippen LogP) is 12.3. The summed E-state index contributed by atoms with van der Waals surface area (Å²) in [6.45, 7) is 0. The third kappa shape index (κ3) is 4.27. The molecule has 0 radical (unpaired) electrons. The van der Waals surface area contributed by atoms with Gasteiger partial charge in [-0.15, -0.1) is 0 Å². The van der Waals surface area contributed by atoms with Gasteiger partial charge in [0.05, 0.1) is 38.9 Å². The molecule has 2 aliphatic carbocycles. The molecular weight excluding hydrogens is 681 g/mol. The van der Waals surface area contributed by atoms with Crippen molar-refractivity contribution in [2.45, 2.75) is 5.41 Å². The number of imidazole rings is 1. The van der Waals surface area contributed by atoms with E-state index in [1.807, 2.05) is 24.3 Å². The zero-order chi connectivity index (χ0) is 36.8. The average molecular weight is 713 g/mol. The summed E-state index contributed by atoms with van der Waals surface area (Å²) in [4.78, 5) is 15.9. The monoisotopic (exact) mass is 712 g/mol. The summed E-state index contributed by atoms with van der Waals surface area (Å²) in [5, 5.41) is 0. The lowest BCUT2D eigenvalue weighted by Gasteiger charge is -2.31. The summed E-state index contributed by atoms with van der Waals surface area (Å²) in [7, 11) is 0. The molecule has 0 aliphatic heterocycles. The predicted molar refractivity (Wildman–Crippen MR) is 227 cm³/mol. The van der Waals surface area contributed by atoms with Gasteiger partial charge in [-0.2, -0.15) is 0 Å². The molecule has 12 rings (SSSR count). The fraction of sp³-hybridized carbons (Fsp3) is 0.0192. The van der Waals surface area contributed by atoms with Gasteiger partial charge in [0.2, 0.25) is 0 Å². The van der Waals surface area contributed by atoms with Gasteiger partial charge in [-0.25, -0.2) is 15.0 Å². The fourth-order valence-electron chi connectivity index (χ4n) is 9.48. The molecule has 0 N–H and O–H groups in total. The van der Waals surface area contributed by atoms with Crippen LogP contribution in [0.3, 0.4) is 0 Å². The highest BCUT2D eigenvalue weighted by Gasteiger charge is 2.52. The Bertz CT molecular complexity index is 3150. The molecule has 10 aromatic rings. The molecule has 4 nitrogen and oxygen atoms in total. The molecule has 2 aliphatic rings. The van der Waals surface area contributed by atoms with Crippen LogP contribution in [0.4, 0.5) is 0 Å². The molecular formula is C52H32N4. The highest BCUT2D eigenvalue weighted by Crippen LogP contribution is 2.63. The Morgan fingerprint density at radius 3 is 1.48 bits per heavy atom. The van der Waals surface area contributed by atoms with E-state index in [-0.39, 0.29) is 0 Å². The van der Waals surface area contributed by atoms with E-state index in [0.29, 0.717) is 0 Å². The zero-order valence-corrected chi connectivity index (χ0v) is 30.3. The summed E-state index contributed by atoms with van der Waals surface area (Å²) in [5.74, 6) is 0.922. The normalized spacial score (nSPS) is 13.1. The molecule has 0 saturated carbocycles. The summed E-state index contributed by atoms with van der Waals surface area (Å²) >= 11 is 0. The number of para-hydroxylation sites is 5. The van der Waals surface area contributed by atoms with Crippen LogP contribution in [0.1, 0.15) is 22.3 Å². The van der Waals surface area contributed by atoms with Crippen molar-refractivity contribution in [3.05, 3.63) is 216 Å². The highest BCUT2D eigenvalue weighted by molar-refractivity contribution is 5.98.